The molecular formula is C12H12BrFN2OS. The van der Waals surface area contributed by atoms with Crippen molar-refractivity contribution in [1.82, 2.24) is 9.78 Å². The Balaban J connectivity index is 2.08. The van der Waals surface area contributed by atoms with Gasteiger partial charge >= 0.3 is 0 Å². The third-order valence-electron chi connectivity index (χ3n) is 2.45. The molecule has 0 radical (unpaired) electrons. The summed E-state index contributed by atoms with van der Waals surface area (Å²) in [4.78, 5) is 0. The van der Waals surface area contributed by atoms with Crippen LogP contribution in [0.1, 0.15) is 11.1 Å². The molecule has 1 atom stereocenters. The third-order valence-corrected chi connectivity index (χ3v) is 4.46. The van der Waals surface area contributed by atoms with Gasteiger partial charge in [-0.05, 0) is 12.1 Å². The molecule has 0 amide bonds. The zero-order valence-corrected chi connectivity index (χ0v) is 12.2. The highest BCUT2D eigenvalue weighted by Gasteiger charge is 2.11. The van der Waals surface area contributed by atoms with Gasteiger partial charge in [0.1, 0.15) is 5.82 Å². The van der Waals surface area contributed by atoms with Gasteiger partial charge in [0, 0.05) is 39.6 Å². The molecule has 1 unspecified atom stereocenters. The minimum absolute atomic E-state index is 0.197. The van der Waals surface area contributed by atoms with Gasteiger partial charge in [0.2, 0.25) is 0 Å². The van der Waals surface area contributed by atoms with E-state index in [0.717, 1.165) is 5.56 Å². The summed E-state index contributed by atoms with van der Waals surface area (Å²) in [5.74, 6) is 0.250. The maximum Gasteiger partial charge on any atom is 0.128 e. The second kappa shape index (κ2) is 5.75. The Hall–Kier alpha value is -1.01. The second-order valence-corrected chi connectivity index (χ2v) is 6.26. The Bertz CT molecular complexity index is 565. The van der Waals surface area contributed by atoms with E-state index in [1.807, 2.05) is 6.20 Å². The number of benzene rings is 1. The molecule has 0 saturated heterocycles. The number of rotatable bonds is 4. The van der Waals surface area contributed by atoms with Gasteiger partial charge in [0.15, 0.2) is 0 Å². The van der Waals surface area contributed by atoms with Crippen molar-refractivity contribution in [2.45, 2.75) is 11.5 Å². The fourth-order valence-corrected chi connectivity index (χ4v) is 3.52. The maximum absolute atomic E-state index is 13.6. The van der Waals surface area contributed by atoms with Crippen LogP contribution in [0.3, 0.4) is 0 Å². The van der Waals surface area contributed by atoms with Crippen LogP contribution in [-0.2, 0) is 29.4 Å². The van der Waals surface area contributed by atoms with Crippen molar-refractivity contribution in [2.24, 2.45) is 7.05 Å². The molecule has 0 aliphatic heterocycles. The van der Waals surface area contributed by atoms with Crippen molar-refractivity contribution in [3.8, 4) is 0 Å². The van der Waals surface area contributed by atoms with Gasteiger partial charge in [0.25, 0.3) is 0 Å². The first kappa shape index (κ1) is 13.4. The van der Waals surface area contributed by atoms with Crippen molar-refractivity contribution in [3.05, 3.63) is 52.0 Å². The minimum atomic E-state index is -1.15. The van der Waals surface area contributed by atoms with Crippen LogP contribution in [0, 0.1) is 5.82 Å². The molecule has 0 N–H and O–H groups in total. The van der Waals surface area contributed by atoms with E-state index in [1.165, 1.54) is 6.07 Å². The highest BCUT2D eigenvalue weighted by molar-refractivity contribution is 9.10. The van der Waals surface area contributed by atoms with Gasteiger partial charge in [-0.15, -0.1) is 0 Å². The van der Waals surface area contributed by atoms with E-state index in [-0.39, 0.29) is 11.6 Å². The number of nitrogens with zero attached hydrogens (tertiary/aromatic N) is 2. The number of halogens is 2. The molecule has 3 nitrogen and oxygen atoms in total. The van der Waals surface area contributed by atoms with Gasteiger partial charge < -0.3 is 0 Å². The smallest absolute Gasteiger partial charge is 0.128 e. The van der Waals surface area contributed by atoms with E-state index in [4.69, 9.17) is 0 Å². The molecule has 0 fully saturated rings. The van der Waals surface area contributed by atoms with Crippen molar-refractivity contribution in [1.29, 1.82) is 0 Å². The molecule has 1 aromatic heterocycles. The van der Waals surface area contributed by atoms with Crippen LogP contribution in [-0.4, -0.2) is 14.0 Å². The van der Waals surface area contributed by atoms with Gasteiger partial charge in [0.05, 0.1) is 17.7 Å². The number of hydrogen-bond donors (Lipinski definition) is 0. The molecule has 0 saturated carbocycles. The molecule has 96 valence electrons. The quantitative estimate of drug-likeness (QED) is 0.864. The van der Waals surface area contributed by atoms with E-state index in [9.17, 15) is 8.60 Å². The lowest BCUT2D eigenvalue weighted by Gasteiger charge is -2.05. The Labute approximate surface area is 116 Å². The summed E-state index contributed by atoms with van der Waals surface area (Å²) in [6.45, 7) is 0. The SMILES string of the molecule is Cn1cc(CS(=O)Cc2c(F)cccc2Br)cn1. The molecule has 0 aliphatic carbocycles. The Morgan fingerprint density at radius 2 is 2.22 bits per heavy atom. The normalized spacial score (nSPS) is 12.6. The number of aryl methyl sites for hydroxylation is 1. The molecule has 0 spiro atoms. The van der Waals surface area contributed by atoms with Crippen molar-refractivity contribution < 1.29 is 8.60 Å². The predicted molar refractivity (Wildman–Crippen MR) is 72.9 cm³/mol. The zero-order chi connectivity index (χ0) is 13.1. The fraction of sp³-hybridized carbons (Fsp3) is 0.250. The highest BCUT2D eigenvalue weighted by atomic mass is 79.9. The van der Waals surface area contributed by atoms with Crippen LogP contribution < -0.4 is 0 Å². The van der Waals surface area contributed by atoms with Crippen LogP contribution in [0.15, 0.2) is 35.1 Å². The summed E-state index contributed by atoms with van der Waals surface area (Å²) < 4.78 is 27.9. The van der Waals surface area contributed by atoms with E-state index in [0.29, 0.717) is 15.8 Å². The van der Waals surface area contributed by atoms with E-state index in [1.54, 1.807) is 30.1 Å². The topological polar surface area (TPSA) is 34.9 Å². The lowest BCUT2D eigenvalue weighted by molar-refractivity contribution is 0.614. The van der Waals surface area contributed by atoms with Crippen LogP contribution in [0.5, 0.6) is 0 Å². The molecule has 18 heavy (non-hydrogen) atoms. The molecule has 1 aromatic carbocycles. The Morgan fingerprint density at radius 1 is 1.44 bits per heavy atom. The van der Waals surface area contributed by atoms with E-state index >= 15 is 0 Å². The lowest BCUT2D eigenvalue weighted by atomic mass is 10.2. The highest BCUT2D eigenvalue weighted by Crippen LogP contribution is 2.21. The molecule has 0 aliphatic rings. The van der Waals surface area contributed by atoms with E-state index in [2.05, 4.69) is 21.0 Å². The average molecular weight is 331 g/mol. The zero-order valence-electron chi connectivity index (χ0n) is 9.77. The van der Waals surface area contributed by atoms with Crippen LogP contribution >= 0.6 is 15.9 Å². The predicted octanol–water partition coefficient (Wildman–Crippen LogP) is 2.77. The summed E-state index contributed by atoms with van der Waals surface area (Å²) in [5.41, 5.74) is 1.35. The largest absolute Gasteiger partial charge is 0.276 e. The molecule has 0 bridgehead atoms. The van der Waals surface area contributed by atoms with Gasteiger partial charge in [-0.25, -0.2) is 4.39 Å². The molecule has 6 heteroatoms. The average Bonchev–Trinajstić information content (AvgIpc) is 2.69. The number of aromatic nitrogens is 2. The first-order valence-electron chi connectivity index (χ1n) is 5.31. The molecule has 2 aromatic rings. The van der Waals surface area contributed by atoms with Crippen LogP contribution in [0.2, 0.25) is 0 Å². The molecule has 1 heterocycles. The van der Waals surface area contributed by atoms with Crippen LogP contribution in [0.4, 0.5) is 4.39 Å². The third kappa shape index (κ3) is 3.26. The fourth-order valence-electron chi connectivity index (χ4n) is 1.61. The Morgan fingerprint density at radius 3 is 2.83 bits per heavy atom. The maximum atomic E-state index is 13.6. The molecule has 2 rings (SSSR count). The van der Waals surface area contributed by atoms with Crippen molar-refractivity contribution >= 4 is 26.7 Å². The molecular weight excluding hydrogens is 319 g/mol. The summed E-state index contributed by atoms with van der Waals surface area (Å²) >= 11 is 3.27. The summed E-state index contributed by atoms with van der Waals surface area (Å²) in [7, 11) is 0.653. The standard InChI is InChI=1S/C12H12BrFN2OS/c1-16-6-9(5-15-16)7-18(17)8-10-11(13)3-2-4-12(10)14/h2-6H,7-8H2,1H3. The van der Waals surface area contributed by atoms with E-state index < -0.39 is 10.8 Å². The van der Waals surface area contributed by atoms with Gasteiger partial charge in [-0.3, -0.25) is 8.89 Å². The summed E-state index contributed by atoms with van der Waals surface area (Å²) in [6.07, 6.45) is 3.49. The van der Waals surface area contributed by atoms with Crippen molar-refractivity contribution in [3.63, 3.8) is 0 Å². The second-order valence-electron chi connectivity index (χ2n) is 3.95. The minimum Gasteiger partial charge on any atom is -0.276 e. The van der Waals surface area contributed by atoms with Gasteiger partial charge in [-0.1, -0.05) is 22.0 Å². The monoisotopic (exact) mass is 330 g/mol. The first-order valence-corrected chi connectivity index (χ1v) is 7.60. The Kier molecular flexibility index (Phi) is 4.29. The first-order chi connectivity index (χ1) is 8.56. The lowest BCUT2D eigenvalue weighted by Crippen LogP contribution is -2.02. The van der Waals surface area contributed by atoms with Gasteiger partial charge in [-0.2, -0.15) is 5.10 Å². The number of hydrogen-bond acceptors (Lipinski definition) is 2. The summed E-state index contributed by atoms with van der Waals surface area (Å²) in [6, 6.07) is 4.74. The summed E-state index contributed by atoms with van der Waals surface area (Å²) in [5, 5.41) is 4.01. The van der Waals surface area contributed by atoms with Crippen molar-refractivity contribution in [2.75, 3.05) is 0 Å². The van der Waals surface area contributed by atoms with Crippen LogP contribution in [0.25, 0.3) is 0 Å².